The summed E-state index contributed by atoms with van der Waals surface area (Å²) in [5, 5.41) is 14.4. The first-order chi connectivity index (χ1) is 8.09. The Labute approximate surface area is 99.9 Å². The number of carbonyl (C=O) groups is 1. The number of hydrogen-bond donors (Lipinski definition) is 1. The predicted molar refractivity (Wildman–Crippen MR) is 65.8 cm³/mol. The number of carboxylic acids is 1. The van der Waals surface area contributed by atoms with E-state index in [9.17, 15) is 4.79 Å². The molecular weight excluding hydrogens is 216 g/mol. The summed E-state index contributed by atoms with van der Waals surface area (Å²) < 4.78 is 1.85. The number of benzene rings is 1. The number of hydrogen-bond acceptors (Lipinski definition) is 2. The second-order valence-electron chi connectivity index (χ2n) is 4.37. The van der Waals surface area contributed by atoms with E-state index in [0.29, 0.717) is 6.42 Å². The lowest BCUT2D eigenvalue weighted by Gasteiger charge is -2.06. The molecule has 4 heteroatoms. The number of aliphatic carboxylic acids is 1. The zero-order valence-corrected chi connectivity index (χ0v) is 10.1. The highest BCUT2D eigenvalue weighted by molar-refractivity contribution is 5.81. The molecule has 1 N–H and O–H groups in total. The molecule has 0 aliphatic carbocycles. The first-order valence-corrected chi connectivity index (χ1v) is 5.73. The maximum Gasteiger partial charge on any atom is 0.306 e. The van der Waals surface area contributed by atoms with Crippen LogP contribution in [0.4, 0.5) is 0 Å². The number of aromatic nitrogens is 2. The predicted octanol–water partition coefficient (Wildman–Crippen LogP) is 2.23. The Morgan fingerprint density at radius 3 is 2.88 bits per heavy atom. The second kappa shape index (κ2) is 4.57. The monoisotopic (exact) mass is 232 g/mol. The zero-order valence-electron chi connectivity index (χ0n) is 10.1. The van der Waals surface area contributed by atoms with Crippen molar-refractivity contribution in [3.8, 4) is 0 Å². The maximum atomic E-state index is 10.8. The molecule has 1 heterocycles. The second-order valence-corrected chi connectivity index (χ2v) is 4.37. The summed E-state index contributed by atoms with van der Waals surface area (Å²) in [6.45, 7) is 1.74. The lowest BCUT2D eigenvalue weighted by atomic mass is 10.0. The minimum atomic E-state index is -0.739. The fourth-order valence-corrected chi connectivity index (χ4v) is 1.97. The Kier molecular flexibility index (Phi) is 3.13. The van der Waals surface area contributed by atoms with Gasteiger partial charge in [-0.25, -0.2) is 0 Å². The summed E-state index contributed by atoms with van der Waals surface area (Å²) in [7, 11) is 1.90. The molecule has 1 aromatic heterocycles. The van der Waals surface area contributed by atoms with E-state index in [1.54, 1.807) is 6.92 Å². The summed E-state index contributed by atoms with van der Waals surface area (Å²) in [5.74, 6) is -1.06. The van der Waals surface area contributed by atoms with Crippen LogP contribution in [0, 0.1) is 5.92 Å². The van der Waals surface area contributed by atoms with Crippen LogP contribution in [0.5, 0.6) is 0 Å². The normalized spacial score (nSPS) is 12.8. The Bertz CT molecular complexity index is 545. The largest absolute Gasteiger partial charge is 0.481 e. The molecule has 0 spiro atoms. The van der Waals surface area contributed by atoms with E-state index in [1.165, 1.54) is 0 Å². The fraction of sp³-hybridized carbons (Fsp3) is 0.385. The lowest BCUT2D eigenvalue weighted by molar-refractivity contribution is -0.141. The van der Waals surface area contributed by atoms with Gasteiger partial charge in [0.1, 0.15) is 0 Å². The molecule has 1 atom stereocenters. The van der Waals surface area contributed by atoms with Crippen molar-refractivity contribution in [3.63, 3.8) is 0 Å². The van der Waals surface area contributed by atoms with E-state index in [4.69, 9.17) is 5.11 Å². The van der Waals surface area contributed by atoms with Crippen LogP contribution in [0.25, 0.3) is 10.9 Å². The standard InChI is InChI=1S/C13H16N2O2/c1-9(13(16)17)7-8-12-10-5-3-4-6-11(10)14-15(12)2/h3-6,9H,7-8H2,1-2H3,(H,16,17). The molecule has 0 saturated heterocycles. The van der Waals surface area contributed by atoms with Gasteiger partial charge in [-0.05, 0) is 18.9 Å². The van der Waals surface area contributed by atoms with Crippen molar-refractivity contribution in [1.29, 1.82) is 0 Å². The van der Waals surface area contributed by atoms with Crippen molar-refractivity contribution >= 4 is 16.9 Å². The third-order valence-electron chi connectivity index (χ3n) is 3.10. The smallest absolute Gasteiger partial charge is 0.306 e. The topological polar surface area (TPSA) is 55.1 Å². The van der Waals surface area contributed by atoms with Crippen LogP contribution >= 0.6 is 0 Å². The van der Waals surface area contributed by atoms with Crippen molar-refractivity contribution < 1.29 is 9.90 Å². The molecule has 0 aliphatic rings. The van der Waals surface area contributed by atoms with Gasteiger partial charge in [0, 0.05) is 18.1 Å². The Morgan fingerprint density at radius 2 is 2.18 bits per heavy atom. The molecule has 1 unspecified atom stereocenters. The van der Waals surface area contributed by atoms with E-state index in [0.717, 1.165) is 23.0 Å². The lowest BCUT2D eigenvalue weighted by Crippen LogP contribution is -2.11. The Balaban J connectivity index is 2.23. The van der Waals surface area contributed by atoms with Crippen LogP contribution in [0.1, 0.15) is 19.0 Å². The molecule has 90 valence electrons. The quantitative estimate of drug-likeness (QED) is 0.879. The number of carboxylic acid groups (broad SMARTS) is 1. The highest BCUT2D eigenvalue weighted by atomic mass is 16.4. The number of nitrogens with zero attached hydrogens (tertiary/aromatic N) is 2. The van der Waals surface area contributed by atoms with E-state index in [2.05, 4.69) is 5.10 Å². The molecule has 4 nitrogen and oxygen atoms in total. The van der Waals surface area contributed by atoms with Crippen molar-refractivity contribution in [2.75, 3.05) is 0 Å². The molecule has 17 heavy (non-hydrogen) atoms. The molecule has 2 aromatic rings. The van der Waals surface area contributed by atoms with Gasteiger partial charge in [-0.2, -0.15) is 5.10 Å². The van der Waals surface area contributed by atoms with Crippen LogP contribution in [0.3, 0.4) is 0 Å². The summed E-state index contributed by atoms with van der Waals surface area (Å²) in [6.07, 6.45) is 1.38. The van der Waals surface area contributed by atoms with Gasteiger partial charge in [0.05, 0.1) is 11.4 Å². The van der Waals surface area contributed by atoms with Gasteiger partial charge >= 0.3 is 5.97 Å². The molecule has 1 aromatic carbocycles. The first kappa shape index (κ1) is 11.6. The molecule has 2 rings (SSSR count). The minimum Gasteiger partial charge on any atom is -0.481 e. The SMILES string of the molecule is CC(CCc1c2ccccc2nn1C)C(=O)O. The average molecular weight is 232 g/mol. The van der Waals surface area contributed by atoms with Gasteiger partial charge in [0.2, 0.25) is 0 Å². The molecule has 0 fully saturated rings. The molecule has 0 aliphatic heterocycles. The fourth-order valence-electron chi connectivity index (χ4n) is 1.97. The summed E-state index contributed by atoms with van der Waals surface area (Å²) in [4.78, 5) is 10.8. The van der Waals surface area contributed by atoms with E-state index in [1.807, 2.05) is 36.0 Å². The number of aryl methyl sites for hydroxylation is 2. The minimum absolute atomic E-state index is 0.316. The average Bonchev–Trinajstić information content (AvgIpc) is 2.61. The van der Waals surface area contributed by atoms with Gasteiger partial charge in [0.25, 0.3) is 0 Å². The van der Waals surface area contributed by atoms with E-state index in [-0.39, 0.29) is 5.92 Å². The van der Waals surface area contributed by atoms with Crippen LogP contribution in [-0.4, -0.2) is 20.9 Å². The van der Waals surface area contributed by atoms with Crippen molar-refractivity contribution in [1.82, 2.24) is 9.78 Å². The molecular formula is C13H16N2O2. The van der Waals surface area contributed by atoms with Crippen LogP contribution < -0.4 is 0 Å². The van der Waals surface area contributed by atoms with Gasteiger partial charge in [-0.1, -0.05) is 25.1 Å². The van der Waals surface area contributed by atoms with Gasteiger partial charge < -0.3 is 5.11 Å². The Morgan fingerprint density at radius 1 is 1.47 bits per heavy atom. The van der Waals surface area contributed by atoms with Gasteiger partial charge in [0.15, 0.2) is 0 Å². The van der Waals surface area contributed by atoms with Crippen LogP contribution in [0.15, 0.2) is 24.3 Å². The van der Waals surface area contributed by atoms with Gasteiger partial charge in [-0.3, -0.25) is 9.48 Å². The maximum absolute atomic E-state index is 10.8. The third kappa shape index (κ3) is 2.30. The zero-order chi connectivity index (χ0) is 12.4. The van der Waals surface area contributed by atoms with E-state index >= 15 is 0 Å². The first-order valence-electron chi connectivity index (χ1n) is 5.73. The molecule has 0 bridgehead atoms. The summed E-state index contributed by atoms with van der Waals surface area (Å²) >= 11 is 0. The summed E-state index contributed by atoms with van der Waals surface area (Å²) in [6, 6.07) is 7.94. The highest BCUT2D eigenvalue weighted by Crippen LogP contribution is 2.20. The van der Waals surface area contributed by atoms with Crippen molar-refractivity contribution in [2.24, 2.45) is 13.0 Å². The molecule has 0 amide bonds. The molecule has 0 saturated carbocycles. The van der Waals surface area contributed by atoms with Crippen LogP contribution in [0.2, 0.25) is 0 Å². The molecule has 0 radical (unpaired) electrons. The van der Waals surface area contributed by atoms with E-state index < -0.39 is 5.97 Å². The van der Waals surface area contributed by atoms with Crippen molar-refractivity contribution in [3.05, 3.63) is 30.0 Å². The van der Waals surface area contributed by atoms with Gasteiger partial charge in [-0.15, -0.1) is 0 Å². The number of rotatable bonds is 4. The highest BCUT2D eigenvalue weighted by Gasteiger charge is 2.14. The number of fused-ring (bicyclic) bond motifs is 1. The summed E-state index contributed by atoms with van der Waals surface area (Å²) in [5.41, 5.74) is 2.07. The van der Waals surface area contributed by atoms with Crippen LogP contribution in [-0.2, 0) is 18.3 Å². The third-order valence-corrected chi connectivity index (χ3v) is 3.10. The Hall–Kier alpha value is -1.84. The van der Waals surface area contributed by atoms with Crippen molar-refractivity contribution in [2.45, 2.75) is 19.8 Å².